The van der Waals surface area contributed by atoms with Crippen LogP contribution < -0.4 is 14.8 Å². The van der Waals surface area contributed by atoms with Crippen molar-refractivity contribution in [2.75, 3.05) is 19.5 Å². The summed E-state index contributed by atoms with van der Waals surface area (Å²) < 4.78 is 10.6. The van der Waals surface area contributed by atoms with Crippen molar-refractivity contribution in [2.24, 2.45) is 0 Å². The van der Waals surface area contributed by atoms with E-state index in [1.807, 2.05) is 51.1 Å². The second kappa shape index (κ2) is 7.18. The Morgan fingerprint density at radius 1 is 1.00 bits per heavy atom. The Balaban J connectivity index is 2.18. The fourth-order valence-corrected chi connectivity index (χ4v) is 2.47. The summed E-state index contributed by atoms with van der Waals surface area (Å²) in [5, 5.41) is 2.98. The van der Waals surface area contributed by atoms with Gasteiger partial charge in [0.25, 0.3) is 0 Å². The maximum absolute atomic E-state index is 12.4. The quantitative estimate of drug-likeness (QED) is 0.913. The summed E-state index contributed by atoms with van der Waals surface area (Å²) in [5.74, 6) is 1.25. The highest BCUT2D eigenvalue weighted by molar-refractivity contribution is 5.93. The molecular weight excluding hydrogens is 290 g/mol. The second-order valence-corrected chi connectivity index (χ2v) is 5.61. The third kappa shape index (κ3) is 3.83. The van der Waals surface area contributed by atoms with Crippen LogP contribution in [0.25, 0.3) is 0 Å². The molecule has 0 unspecified atom stereocenters. The molecule has 0 radical (unpaired) electrons. The van der Waals surface area contributed by atoms with E-state index in [9.17, 15) is 4.79 Å². The van der Waals surface area contributed by atoms with Crippen molar-refractivity contribution in [2.45, 2.75) is 27.2 Å². The van der Waals surface area contributed by atoms with Gasteiger partial charge in [0.05, 0.1) is 20.6 Å². The van der Waals surface area contributed by atoms with Crippen LogP contribution in [0.5, 0.6) is 11.5 Å². The zero-order chi connectivity index (χ0) is 17.0. The summed E-state index contributed by atoms with van der Waals surface area (Å²) in [6.45, 7) is 6.00. The third-order valence-corrected chi connectivity index (χ3v) is 4.07. The van der Waals surface area contributed by atoms with Crippen molar-refractivity contribution in [1.82, 2.24) is 0 Å². The molecule has 0 aromatic heterocycles. The highest BCUT2D eigenvalue weighted by Gasteiger charge is 2.13. The first-order valence-electron chi connectivity index (χ1n) is 7.53. The van der Waals surface area contributed by atoms with Crippen LogP contribution in [0.1, 0.15) is 22.3 Å². The molecule has 4 heteroatoms. The van der Waals surface area contributed by atoms with Gasteiger partial charge >= 0.3 is 0 Å². The normalized spacial score (nSPS) is 10.3. The number of carbonyl (C=O) groups excluding carboxylic acids is 1. The van der Waals surface area contributed by atoms with Crippen LogP contribution in [-0.4, -0.2) is 20.1 Å². The van der Waals surface area contributed by atoms with Gasteiger partial charge in [-0.2, -0.15) is 0 Å². The fourth-order valence-electron chi connectivity index (χ4n) is 2.47. The van der Waals surface area contributed by atoms with Gasteiger partial charge in [0.2, 0.25) is 5.91 Å². The average molecular weight is 313 g/mol. The lowest BCUT2D eigenvalue weighted by molar-refractivity contribution is -0.115. The number of nitrogens with one attached hydrogen (secondary N) is 1. The van der Waals surface area contributed by atoms with E-state index in [1.165, 1.54) is 0 Å². The number of carbonyl (C=O) groups is 1. The van der Waals surface area contributed by atoms with Crippen LogP contribution in [0.15, 0.2) is 30.3 Å². The average Bonchev–Trinajstić information content (AvgIpc) is 2.53. The second-order valence-electron chi connectivity index (χ2n) is 5.61. The number of benzene rings is 2. The monoisotopic (exact) mass is 313 g/mol. The summed E-state index contributed by atoms with van der Waals surface area (Å²) in [7, 11) is 3.19. The van der Waals surface area contributed by atoms with Crippen LogP contribution in [0.4, 0.5) is 5.69 Å². The molecule has 0 spiro atoms. The summed E-state index contributed by atoms with van der Waals surface area (Å²) in [4.78, 5) is 12.4. The van der Waals surface area contributed by atoms with Gasteiger partial charge in [-0.25, -0.2) is 0 Å². The summed E-state index contributed by atoms with van der Waals surface area (Å²) >= 11 is 0. The Kier molecular flexibility index (Phi) is 5.27. The zero-order valence-corrected chi connectivity index (χ0v) is 14.3. The molecule has 0 saturated carbocycles. The molecule has 0 bridgehead atoms. The summed E-state index contributed by atoms with van der Waals surface area (Å²) in [6, 6.07) is 9.64. The first-order valence-corrected chi connectivity index (χ1v) is 7.53. The van der Waals surface area contributed by atoms with Crippen molar-refractivity contribution in [1.29, 1.82) is 0 Å². The molecule has 0 saturated heterocycles. The molecule has 0 atom stereocenters. The predicted molar refractivity (Wildman–Crippen MR) is 92.5 cm³/mol. The number of ether oxygens (including phenoxy) is 2. The Bertz CT molecular complexity index is 723. The van der Waals surface area contributed by atoms with Gasteiger partial charge in [-0.15, -0.1) is 0 Å². The van der Waals surface area contributed by atoms with E-state index in [2.05, 4.69) is 5.32 Å². The lowest BCUT2D eigenvalue weighted by atomic mass is 10.0. The van der Waals surface area contributed by atoms with E-state index >= 15 is 0 Å². The van der Waals surface area contributed by atoms with Crippen LogP contribution in [0.2, 0.25) is 0 Å². The first-order chi connectivity index (χ1) is 11.0. The molecule has 2 aromatic carbocycles. The lowest BCUT2D eigenvalue weighted by Gasteiger charge is -2.14. The molecule has 2 rings (SSSR count). The van der Waals surface area contributed by atoms with E-state index < -0.39 is 0 Å². The number of methoxy groups -OCH3 is 2. The highest BCUT2D eigenvalue weighted by Crippen LogP contribution is 2.30. The molecule has 0 heterocycles. The summed E-state index contributed by atoms with van der Waals surface area (Å²) in [6.07, 6.45) is 0.291. The molecule has 23 heavy (non-hydrogen) atoms. The van der Waals surface area contributed by atoms with Crippen LogP contribution in [0.3, 0.4) is 0 Å². The number of anilines is 1. The van der Waals surface area contributed by atoms with Gasteiger partial charge in [-0.1, -0.05) is 12.1 Å². The lowest BCUT2D eigenvalue weighted by Crippen LogP contribution is -2.16. The molecule has 1 N–H and O–H groups in total. The minimum atomic E-state index is -0.0472. The topological polar surface area (TPSA) is 47.6 Å². The number of amides is 1. The number of hydrogen-bond acceptors (Lipinski definition) is 3. The van der Waals surface area contributed by atoms with Crippen molar-refractivity contribution in [3.05, 3.63) is 52.6 Å². The van der Waals surface area contributed by atoms with E-state index in [1.54, 1.807) is 14.2 Å². The van der Waals surface area contributed by atoms with E-state index in [-0.39, 0.29) is 5.91 Å². The molecule has 0 aliphatic rings. The molecule has 4 nitrogen and oxygen atoms in total. The first kappa shape index (κ1) is 16.9. The number of hydrogen-bond donors (Lipinski definition) is 1. The van der Waals surface area contributed by atoms with Gasteiger partial charge < -0.3 is 14.8 Å². The predicted octanol–water partition coefficient (Wildman–Crippen LogP) is 3.81. The molecule has 0 fully saturated rings. The fraction of sp³-hybridized carbons (Fsp3) is 0.316. The molecular formula is C19H23NO3. The van der Waals surface area contributed by atoms with E-state index in [0.29, 0.717) is 17.9 Å². The SMILES string of the molecule is COc1cc(C)c(CC(=O)Nc2cccc(C)c2C)cc1OC. The van der Waals surface area contributed by atoms with Gasteiger partial charge in [-0.3, -0.25) is 4.79 Å². The zero-order valence-electron chi connectivity index (χ0n) is 14.3. The van der Waals surface area contributed by atoms with Crippen LogP contribution in [0, 0.1) is 20.8 Å². The standard InChI is InChI=1S/C19H23NO3/c1-12-7-6-8-16(14(12)3)20-19(21)11-15-10-18(23-5)17(22-4)9-13(15)2/h6-10H,11H2,1-5H3,(H,20,21). The maximum Gasteiger partial charge on any atom is 0.228 e. The number of rotatable bonds is 5. The van der Waals surface area contributed by atoms with Crippen molar-refractivity contribution >= 4 is 11.6 Å². The van der Waals surface area contributed by atoms with Crippen molar-refractivity contribution in [3.63, 3.8) is 0 Å². The van der Waals surface area contributed by atoms with E-state index in [4.69, 9.17) is 9.47 Å². The molecule has 122 valence electrons. The Labute approximate surface area is 137 Å². The summed E-state index contributed by atoms with van der Waals surface area (Å²) in [5.41, 5.74) is 5.02. The van der Waals surface area contributed by atoms with Crippen molar-refractivity contribution < 1.29 is 14.3 Å². The third-order valence-electron chi connectivity index (χ3n) is 4.07. The number of aryl methyl sites for hydroxylation is 2. The van der Waals surface area contributed by atoms with Crippen molar-refractivity contribution in [3.8, 4) is 11.5 Å². The minimum absolute atomic E-state index is 0.0472. The van der Waals surface area contributed by atoms with E-state index in [0.717, 1.165) is 27.9 Å². The van der Waals surface area contributed by atoms with Gasteiger partial charge in [0.1, 0.15) is 0 Å². The Hall–Kier alpha value is -2.49. The van der Waals surface area contributed by atoms with Crippen LogP contribution >= 0.6 is 0 Å². The van der Waals surface area contributed by atoms with Gasteiger partial charge in [0.15, 0.2) is 11.5 Å². The maximum atomic E-state index is 12.4. The highest BCUT2D eigenvalue weighted by atomic mass is 16.5. The Morgan fingerprint density at radius 2 is 1.65 bits per heavy atom. The minimum Gasteiger partial charge on any atom is -0.493 e. The molecule has 0 aliphatic heterocycles. The largest absolute Gasteiger partial charge is 0.493 e. The van der Waals surface area contributed by atoms with Gasteiger partial charge in [0, 0.05) is 5.69 Å². The molecule has 0 aliphatic carbocycles. The smallest absolute Gasteiger partial charge is 0.228 e. The molecule has 2 aromatic rings. The molecule has 1 amide bonds. The van der Waals surface area contributed by atoms with Gasteiger partial charge in [-0.05, 0) is 61.2 Å². The van der Waals surface area contributed by atoms with Crippen LogP contribution in [-0.2, 0) is 11.2 Å². The Morgan fingerprint density at radius 3 is 2.30 bits per heavy atom.